The van der Waals surface area contributed by atoms with Gasteiger partial charge in [-0.25, -0.2) is 18.4 Å². The topological polar surface area (TPSA) is 67.9 Å². The number of nitrogens with one attached hydrogen (secondary N) is 1. The Morgan fingerprint density at radius 2 is 1.58 bits per heavy atom. The smallest absolute Gasteiger partial charge is 0.341 e. The van der Waals surface area contributed by atoms with E-state index in [-0.39, 0.29) is 45.0 Å². The van der Waals surface area contributed by atoms with Crippen LogP contribution in [0.1, 0.15) is 115 Å². The van der Waals surface area contributed by atoms with Gasteiger partial charge >= 0.3 is 11.9 Å². The van der Waals surface area contributed by atoms with Crippen LogP contribution >= 0.6 is 0 Å². The van der Waals surface area contributed by atoms with Crippen molar-refractivity contribution in [3.8, 4) is 11.1 Å². The molecule has 8 heteroatoms. The Bertz CT molecular complexity index is 1370. The highest BCUT2D eigenvalue weighted by Crippen LogP contribution is 2.43. The molecule has 43 heavy (non-hydrogen) atoms. The summed E-state index contributed by atoms with van der Waals surface area (Å²) in [5.74, 6) is -2.81. The second kappa shape index (κ2) is 11.9. The van der Waals surface area contributed by atoms with Gasteiger partial charge in [-0.15, -0.1) is 0 Å². The standard InChI is InChI=1S/C35H48F2N2O4/c1-10-17-39-34(6,7)21-29(35(39,8)9)43-31(41)26-14-11-22(18-28(26)37)25-13-12-23(19-27(25)36)30(40)42-24-15-16-32(2,3)38-33(4,5)20-24/h11-14,18-19,24,29,38H,10,15-17,20-21H2,1-9H3. The first-order chi connectivity index (χ1) is 19.8. The average Bonchev–Trinajstić information content (AvgIpc) is 2.97. The molecular formula is C35H48F2N2O4. The van der Waals surface area contributed by atoms with Gasteiger partial charge < -0.3 is 14.8 Å². The monoisotopic (exact) mass is 598 g/mol. The zero-order valence-corrected chi connectivity index (χ0v) is 27.2. The highest BCUT2D eigenvalue weighted by atomic mass is 19.1. The second-order valence-electron chi connectivity index (χ2n) is 14.8. The Morgan fingerprint density at radius 1 is 0.884 bits per heavy atom. The molecule has 4 rings (SSSR count). The van der Waals surface area contributed by atoms with Crippen LogP contribution in [-0.2, 0) is 9.47 Å². The van der Waals surface area contributed by atoms with E-state index in [1.54, 1.807) is 0 Å². The molecule has 236 valence electrons. The molecule has 1 N–H and O–H groups in total. The third kappa shape index (κ3) is 7.28. The minimum absolute atomic E-state index is 0.0835. The quantitative estimate of drug-likeness (QED) is 0.330. The molecule has 0 spiro atoms. The number of carbonyl (C=O) groups is 2. The summed E-state index contributed by atoms with van der Waals surface area (Å²) in [4.78, 5) is 28.3. The number of halogens is 2. The first-order valence-corrected chi connectivity index (χ1v) is 15.4. The van der Waals surface area contributed by atoms with E-state index in [1.165, 1.54) is 24.3 Å². The molecule has 6 nitrogen and oxygen atoms in total. The largest absolute Gasteiger partial charge is 0.459 e. The van der Waals surface area contributed by atoms with Crippen LogP contribution in [0.25, 0.3) is 11.1 Å². The summed E-state index contributed by atoms with van der Waals surface area (Å²) in [7, 11) is 0. The van der Waals surface area contributed by atoms with Crippen molar-refractivity contribution in [2.45, 2.75) is 129 Å². The lowest BCUT2D eigenvalue weighted by atomic mass is 9.96. The van der Waals surface area contributed by atoms with E-state index >= 15 is 8.78 Å². The molecule has 2 heterocycles. The molecule has 2 aliphatic heterocycles. The SMILES string of the molecule is CCCN1C(C)(C)CC(OC(=O)c2ccc(-c3ccc(C(=O)OC4CCC(C)(C)NC(C)(C)C4)cc3F)cc2F)C1(C)C. The maximum atomic E-state index is 15.2. The summed E-state index contributed by atoms with van der Waals surface area (Å²) in [6.45, 7) is 19.8. The molecule has 0 radical (unpaired) electrons. The number of likely N-dealkylation sites (tertiary alicyclic amines) is 1. The van der Waals surface area contributed by atoms with Crippen molar-refractivity contribution < 1.29 is 27.8 Å². The number of benzene rings is 2. The molecule has 0 aromatic heterocycles. The number of hydrogen-bond donors (Lipinski definition) is 1. The van der Waals surface area contributed by atoms with Gasteiger partial charge in [0.1, 0.15) is 23.8 Å². The summed E-state index contributed by atoms with van der Waals surface area (Å²) >= 11 is 0. The molecule has 0 aliphatic carbocycles. The predicted octanol–water partition coefficient (Wildman–Crippen LogP) is 7.69. The zero-order valence-electron chi connectivity index (χ0n) is 27.2. The van der Waals surface area contributed by atoms with Gasteiger partial charge in [-0.1, -0.05) is 19.1 Å². The van der Waals surface area contributed by atoms with Crippen LogP contribution in [-0.4, -0.2) is 57.7 Å². The van der Waals surface area contributed by atoms with E-state index in [0.29, 0.717) is 19.3 Å². The number of esters is 2. The number of rotatable bonds is 7. The fraction of sp³-hybridized carbons (Fsp3) is 0.600. The Kier molecular flexibility index (Phi) is 9.17. The maximum Gasteiger partial charge on any atom is 0.341 e. The highest BCUT2D eigenvalue weighted by Gasteiger charge is 2.52. The number of ether oxygens (including phenoxy) is 2. The highest BCUT2D eigenvalue weighted by molar-refractivity contribution is 5.92. The first-order valence-electron chi connectivity index (χ1n) is 15.4. The third-order valence-corrected chi connectivity index (χ3v) is 9.08. The molecular weight excluding hydrogens is 550 g/mol. The van der Waals surface area contributed by atoms with Crippen LogP contribution in [0.4, 0.5) is 8.78 Å². The number of hydrogen-bond acceptors (Lipinski definition) is 6. The molecule has 0 saturated carbocycles. The predicted molar refractivity (Wildman–Crippen MR) is 165 cm³/mol. The van der Waals surface area contributed by atoms with Crippen molar-refractivity contribution in [2.75, 3.05) is 6.54 Å². The lowest BCUT2D eigenvalue weighted by molar-refractivity contribution is -0.00568. The van der Waals surface area contributed by atoms with Crippen molar-refractivity contribution in [3.05, 3.63) is 59.2 Å². The first kappa shape index (κ1) is 33.1. The maximum absolute atomic E-state index is 15.2. The van der Waals surface area contributed by atoms with E-state index in [1.807, 2.05) is 13.8 Å². The van der Waals surface area contributed by atoms with Gasteiger partial charge in [-0.3, -0.25) is 4.90 Å². The Labute approximate surface area is 255 Å². The second-order valence-corrected chi connectivity index (χ2v) is 14.8. The third-order valence-electron chi connectivity index (χ3n) is 9.08. The van der Waals surface area contributed by atoms with Gasteiger partial charge in [0.05, 0.1) is 16.7 Å². The molecule has 2 unspecified atom stereocenters. The zero-order chi connectivity index (χ0) is 32.0. The van der Waals surface area contributed by atoms with E-state index in [9.17, 15) is 9.59 Å². The van der Waals surface area contributed by atoms with E-state index < -0.39 is 35.2 Å². The summed E-state index contributed by atoms with van der Waals surface area (Å²) in [5, 5.41) is 3.61. The minimum atomic E-state index is -0.793. The van der Waals surface area contributed by atoms with Crippen molar-refractivity contribution in [1.82, 2.24) is 10.2 Å². The van der Waals surface area contributed by atoms with Gasteiger partial charge in [0, 0.05) is 35.0 Å². The van der Waals surface area contributed by atoms with Crippen LogP contribution < -0.4 is 5.32 Å². The summed E-state index contributed by atoms with van der Waals surface area (Å²) in [6, 6.07) is 7.99. The van der Waals surface area contributed by atoms with E-state index in [2.05, 4.69) is 58.7 Å². The molecule has 0 bridgehead atoms. The van der Waals surface area contributed by atoms with Gasteiger partial charge in [0.25, 0.3) is 0 Å². The number of nitrogens with zero attached hydrogens (tertiary/aromatic N) is 1. The average molecular weight is 599 g/mol. The van der Waals surface area contributed by atoms with Crippen molar-refractivity contribution in [2.24, 2.45) is 0 Å². The Balaban J connectivity index is 1.46. The van der Waals surface area contributed by atoms with Crippen molar-refractivity contribution >= 4 is 11.9 Å². The van der Waals surface area contributed by atoms with E-state index in [4.69, 9.17) is 9.47 Å². The molecule has 0 amide bonds. The lowest BCUT2D eigenvalue weighted by Crippen LogP contribution is -2.51. The van der Waals surface area contributed by atoms with Crippen LogP contribution in [0.5, 0.6) is 0 Å². The molecule has 2 fully saturated rings. The van der Waals surface area contributed by atoms with Gasteiger partial charge in [0.15, 0.2) is 0 Å². The van der Waals surface area contributed by atoms with Crippen LogP contribution in [0, 0.1) is 11.6 Å². The summed E-state index contributed by atoms with van der Waals surface area (Å²) in [6.07, 6.45) is 3.09. The molecule has 2 aliphatic rings. The number of carbonyl (C=O) groups excluding carboxylic acids is 2. The fourth-order valence-corrected chi connectivity index (χ4v) is 7.23. The van der Waals surface area contributed by atoms with Gasteiger partial charge in [0.2, 0.25) is 0 Å². The fourth-order valence-electron chi connectivity index (χ4n) is 7.23. The normalized spacial score (nSPS) is 24.3. The van der Waals surface area contributed by atoms with Crippen LogP contribution in [0.15, 0.2) is 36.4 Å². The van der Waals surface area contributed by atoms with E-state index in [0.717, 1.165) is 31.5 Å². The molecule has 2 atom stereocenters. The van der Waals surface area contributed by atoms with Gasteiger partial charge in [-0.2, -0.15) is 0 Å². The molecule has 2 aromatic carbocycles. The molecule has 2 aromatic rings. The van der Waals surface area contributed by atoms with Crippen molar-refractivity contribution in [3.63, 3.8) is 0 Å². The van der Waals surface area contributed by atoms with Crippen LogP contribution in [0.3, 0.4) is 0 Å². The summed E-state index contributed by atoms with van der Waals surface area (Å²) < 4.78 is 42.1. The van der Waals surface area contributed by atoms with Gasteiger partial charge in [-0.05, 0) is 111 Å². The summed E-state index contributed by atoms with van der Waals surface area (Å²) in [5.41, 5.74) is -0.609. The molecule has 2 saturated heterocycles. The lowest BCUT2D eigenvalue weighted by Gasteiger charge is -2.40. The van der Waals surface area contributed by atoms with Crippen molar-refractivity contribution in [1.29, 1.82) is 0 Å². The minimum Gasteiger partial charge on any atom is -0.459 e. The van der Waals surface area contributed by atoms with Crippen LogP contribution in [0.2, 0.25) is 0 Å². The Morgan fingerprint density at radius 3 is 2.21 bits per heavy atom. The Hall–Kier alpha value is -2.84.